The molecule has 0 bridgehead atoms. The fourth-order valence-corrected chi connectivity index (χ4v) is 2.93. The highest BCUT2D eigenvalue weighted by molar-refractivity contribution is 6.37. The SMILES string of the molecule is O=C1CC(=O)N(c2ccc(Cl)cc2Cl)c2cc(Cl)ccc2N1. The van der Waals surface area contributed by atoms with E-state index in [9.17, 15) is 9.59 Å². The van der Waals surface area contributed by atoms with E-state index in [1.807, 2.05) is 0 Å². The molecule has 4 nitrogen and oxygen atoms in total. The van der Waals surface area contributed by atoms with Crippen molar-refractivity contribution in [2.24, 2.45) is 0 Å². The number of anilines is 3. The molecule has 2 amide bonds. The van der Waals surface area contributed by atoms with Crippen LogP contribution < -0.4 is 10.2 Å². The Morgan fingerprint density at radius 3 is 2.32 bits per heavy atom. The second kappa shape index (κ2) is 5.80. The van der Waals surface area contributed by atoms with E-state index in [0.29, 0.717) is 32.1 Å². The van der Waals surface area contributed by atoms with E-state index in [-0.39, 0.29) is 12.3 Å². The van der Waals surface area contributed by atoms with Gasteiger partial charge in [0.25, 0.3) is 0 Å². The maximum absolute atomic E-state index is 12.5. The van der Waals surface area contributed by atoms with Gasteiger partial charge in [-0.05, 0) is 36.4 Å². The number of halogens is 3. The smallest absolute Gasteiger partial charge is 0.241 e. The lowest BCUT2D eigenvalue weighted by Crippen LogP contribution is -2.26. The van der Waals surface area contributed by atoms with Crippen LogP contribution >= 0.6 is 34.8 Å². The van der Waals surface area contributed by atoms with Gasteiger partial charge in [0, 0.05) is 10.0 Å². The zero-order valence-electron chi connectivity index (χ0n) is 11.1. The first-order chi connectivity index (χ1) is 10.5. The number of nitrogens with one attached hydrogen (secondary N) is 1. The van der Waals surface area contributed by atoms with Gasteiger partial charge < -0.3 is 5.32 Å². The maximum Gasteiger partial charge on any atom is 0.241 e. The molecule has 1 heterocycles. The largest absolute Gasteiger partial charge is 0.324 e. The Hall–Kier alpha value is -1.75. The van der Waals surface area contributed by atoms with E-state index < -0.39 is 5.91 Å². The summed E-state index contributed by atoms with van der Waals surface area (Å²) in [5, 5.41) is 3.89. The summed E-state index contributed by atoms with van der Waals surface area (Å²) in [7, 11) is 0. The second-order valence-corrected chi connectivity index (χ2v) is 5.99. The van der Waals surface area contributed by atoms with Crippen molar-refractivity contribution in [3.05, 3.63) is 51.5 Å². The fourth-order valence-electron chi connectivity index (χ4n) is 2.27. The highest BCUT2D eigenvalue weighted by Gasteiger charge is 2.29. The molecule has 2 aromatic carbocycles. The van der Waals surface area contributed by atoms with Crippen molar-refractivity contribution in [1.82, 2.24) is 0 Å². The van der Waals surface area contributed by atoms with Crippen LogP contribution in [0.25, 0.3) is 0 Å². The molecule has 1 aliphatic heterocycles. The average molecular weight is 356 g/mol. The quantitative estimate of drug-likeness (QED) is 0.757. The molecule has 0 radical (unpaired) electrons. The summed E-state index contributed by atoms with van der Waals surface area (Å²) >= 11 is 18.1. The maximum atomic E-state index is 12.5. The highest BCUT2D eigenvalue weighted by Crippen LogP contribution is 2.40. The van der Waals surface area contributed by atoms with Crippen molar-refractivity contribution in [3.63, 3.8) is 0 Å². The Balaban J connectivity index is 2.22. The Morgan fingerprint density at radius 2 is 1.59 bits per heavy atom. The number of rotatable bonds is 1. The number of fused-ring (bicyclic) bond motifs is 1. The predicted molar refractivity (Wildman–Crippen MR) is 88.3 cm³/mol. The van der Waals surface area contributed by atoms with Crippen LogP contribution in [0.5, 0.6) is 0 Å². The third-order valence-corrected chi connectivity index (χ3v) is 3.96. The summed E-state index contributed by atoms with van der Waals surface area (Å²) in [5.74, 6) is -0.788. The molecular formula is C15H9Cl3N2O2. The van der Waals surface area contributed by atoms with E-state index >= 15 is 0 Å². The molecule has 112 valence electrons. The lowest BCUT2D eigenvalue weighted by Gasteiger charge is -2.23. The summed E-state index contributed by atoms with van der Waals surface area (Å²) in [6, 6.07) is 9.67. The Kier molecular flexibility index (Phi) is 4.00. The van der Waals surface area contributed by atoms with Gasteiger partial charge >= 0.3 is 0 Å². The molecule has 0 aromatic heterocycles. The second-order valence-electron chi connectivity index (χ2n) is 4.71. The number of carbonyl (C=O) groups is 2. The van der Waals surface area contributed by atoms with Gasteiger partial charge in [-0.1, -0.05) is 34.8 Å². The van der Waals surface area contributed by atoms with E-state index in [1.165, 1.54) is 11.0 Å². The van der Waals surface area contributed by atoms with Gasteiger partial charge in [0.15, 0.2) is 0 Å². The van der Waals surface area contributed by atoms with Crippen LogP contribution in [0.3, 0.4) is 0 Å². The molecule has 0 saturated carbocycles. The average Bonchev–Trinajstić information content (AvgIpc) is 2.55. The van der Waals surface area contributed by atoms with Gasteiger partial charge in [0.1, 0.15) is 6.42 Å². The highest BCUT2D eigenvalue weighted by atomic mass is 35.5. The molecule has 0 spiro atoms. The first kappa shape index (κ1) is 15.2. The summed E-state index contributed by atoms with van der Waals surface area (Å²) in [6.45, 7) is 0. The van der Waals surface area contributed by atoms with Crippen LogP contribution in [0.2, 0.25) is 15.1 Å². The van der Waals surface area contributed by atoms with Gasteiger partial charge in [-0.3, -0.25) is 14.5 Å². The molecule has 1 N–H and O–H groups in total. The van der Waals surface area contributed by atoms with E-state index in [1.54, 1.807) is 30.3 Å². The Labute approximate surface area is 141 Å². The van der Waals surface area contributed by atoms with Gasteiger partial charge in [-0.15, -0.1) is 0 Å². The fraction of sp³-hybridized carbons (Fsp3) is 0.0667. The van der Waals surface area contributed by atoms with Crippen molar-refractivity contribution >= 4 is 63.7 Å². The number of nitrogens with zero attached hydrogens (tertiary/aromatic N) is 1. The van der Waals surface area contributed by atoms with E-state index in [0.717, 1.165) is 0 Å². The van der Waals surface area contributed by atoms with Crippen LogP contribution in [0.1, 0.15) is 6.42 Å². The number of amides is 2. The monoisotopic (exact) mass is 354 g/mol. The number of benzene rings is 2. The number of carbonyl (C=O) groups excluding carboxylic acids is 2. The van der Waals surface area contributed by atoms with Gasteiger partial charge in [0.2, 0.25) is 11.8 Å². The van der Waals surface area contributed by atoms with Crippen molar-refractivity contribution in [3.8, 4) is 0 Å². The lowest BCUT2D eigenvalue weighted by atomic mass is 10.2. The Bertz CT molecular complexity index is 792. The molecule has 22 heavy (non-hydrogen) atoms. The van der Waals surface area contributed by atoms with E-state index in [2.05, 4.69) is 5.32 Å². The van der Waals surface area contributed by atoms with Gasteiger partial charge in [-0.25, -0.2) is 0 Å². The van der Waals surface area contributed by atoms with Crippen molar-refractivity contribution in [2.75, 3.05) is 10.2 Å². The summed E-state index contributed by atoms with van der Waals surface area (Å²) in [5.41, 5.74) is 1.40. The van der Waals surface area contributed by atoms with Gasteiger partial charge in [0.05, 0.1) is 22.1 Å². The third kappa shape index (κ3) is 2.77. The summed E-state index contributed by atoms with van der Waals surface area (Å²) < 4.78 is 0. The molecule has 3 rings (SSSR count). The van der Waals surface area contributed by atoms with Crippen LogP contribution in [-0.4, -0.2) is 11.8 Å². The molecule has 2 aromatic rings. The molecular weight excluding hydrogens is 347 g/mol. The Morgan fingerprint density at radius 1 is 0.909 bits per heavy atom. The molecule has 0 aliphatic carbocycles. The normalized spacial score (nSPS) is 14.4. The number of hydrogen-bond donors (Lipinski definition) is 1. The molecule has 0 saturated heterocycles. The zero-order valence-corrected chi connectivity index (χ0v) is 13.3. The predicted octanol–water partition coefficient (Wildman–Crippen LogP) is 4.65. The van der Waals surface area contributed by atoms with Crippen molar-refractivity contribution < 1.29 is 9.59 Å². The molecule has 0 unspecified atom stereocenters. The molecule has 0 fully saturated rings. The standard InChI is InChI=1S/C15H9Cl3N2O2/c16-8-2-4-12(10(18)5-8)20-13-6-9(17)1-3-11(13)19-14(21)7-15(20)22/h1-6H,7H2,(H,19,21). The summed E-state index contributed by atoms with van der Waals surface area (Å²) in [4.78, 5) is 25.7. The minimum Gasteiger partial charge on any atom is -0.324 e. The topological polar surface area (TPSA) is 49.4 Å². The zero-order chi connectivity index (χ0) is 15.9. The lowest BCUT2D eigenvalue weighted by molar-refractivity contribution is -0.124. The van der Waals surface area contributed by atoms with Crippen molar-refractivity contribution in [2.45, 2.75) is 6.42 Å². The van der Waals surface area contributed by atoms with Crippen LogP contribution in [0, 0.1) is 0 Å². The molecule has 0 atom stereocenters. The summed E-state index contributed by atoms with van der Waals surface area (Å²) in [6.07, 6.45) is -0.286. The minimum absolute atomic E-state index is 0.286. The number of hydrogen-bond acceptors (Lipinski definition) is 2. The third-order valence-electron chi connectivity index (χ3n) is 3.19. The van der Waals surface area contributed by atoms with Crippen LogP contribution in [0.15, 0.2) is 36.4 Å². The molecule has 7 heteroatoms. The van der Waals surface area contributed by atoms with Crippen LogP contribution in [-0.2, 0) is 9.59 Å². The first-order valence-corrected chi connectivity index (χ1v) is 7.46. The minimum atomic E-state index is -0.400. The van der Waals surface area contributed by atoms with E-state index in [4.69, 9.17) is 34.8 Å². The molecule has 1 aliphatic rings. The van der Waals surface area contributed by atoms with Crippen LogP contribution in [0.4, 0.5) is 17.1 Å². The van der Waals surface area contributed by atoms with Crippen molar-refractivity contribution in [1.29, 1.82) is 0 Å². The first-order valence-electron chi connectivity index (χ1n) is 6.33. The van der Waals surface area contributed by atoms with Gasteiger partial charge in [-0.2, -0.15) is 0 Å².